The van der Waals surface area contributed by atoms with Crippen LogP contribution in [0.25, 0.3) is 5.69 Å². The monoisotopic (exact) mass is 289 g/mol. The molecule has 0 atom stereocenters. The molecule has 0 aliphatic rings. The van der Waals surface area contributed by atoms with Gasteiger partial charge in [-0.3, -0.25) is 4.57 Å². The maximum Gasteiger partial charge on any atom is 0.161 e. The van der Waals surface area contributed by atoms with Crippen molar-refractivity contribution in [3.8, 4) is 5.69 Å². The van der Waals surface area contributed by atoms with Crippen LogP contribution in [0.5, 0.6) is 0 Å². The minimum atomic E-state index is -0.358. The van der Waals surface area contributed by atoms with E-state index in [4.69, 9.17) is 11.6 Å². The van der Waals surface area contributed by atoms with Gasteiger partial charge >= 0.3 is 0 Å². The van der Waals surface area contributed by atoms with Crippen LogP contribution >= 0.6 is 27.5 Å². The van der Waals surface area contributed by atoms with Crippen molar-refractivity contribution >= 4 is 27.5 Å². The molecule has 0 amide bonds. The molecule has 78 valence electrons. The standard InChI is InChI=1S/C9H6BrClFN3/c10-6-2-1-3-7(9(6)12)15-5-13-14-8(15)4-11/h1-3,5H,4H2. The van der Waals surface area contributed by atoms with Gasteiger partial charge in [0.25, 0.3) is 0 Å². The van der Waals surface area contributed by atoms with E-state index in [1.807, 2.05) is 0 Å². The molecule has 0 aliphatic carbocycles. The average molecular weight is 291 g/mol. The summed E-state index contributed by atoms with van der Waals surface area (Å²) in [6.07, 6.45) is 1.43. The fraction of sp³-hybridized carbons (Fsp3) is 0.111. The first kappa shape index (κ1) is 10.6. The summed E-state index contributed by atoms with van der Waals surface area (Å²) in [5.41, 5.74) is 0.380. The van der Waals surface area contributed by atoms with Crippen LogP contribution in [0, 0.1) is 5.82 Å². The summed E-state index contributed by atoms with van der Waals surface area (Å²) < 4.78 is 15.6. The zero-order valence-corrected chi connectivity index (χ0v) is 9.83. The summed E-state index contributed by atoms with van der Waals surface area (Å²) in [7, 11) is 0. The summed E-state index contributed by atoms with van der Waals surface area (Å²) in [5.74, 6) is 0.337. The number of nitrogens with zero attached hydrogens (tertiary/aromatic N) is 3. The van der Waals surface area contributed by atoms with E-state index in [2.05, 4.69) is 26.1 Å². The maximum absolute atomic E-state index is 13.7. The van der Waals surface area contributed by atoms with Crippen molar-refractivity contribution in [2.24, 2.45) is 0 Å². The Morgan fingerprint density at radius 3 is 3.00 bits per heavy atom. The van der Waals surface area contributed by atoms with Gasteiger partial charge in [-0.2, -0.15) is 0 Å². The highest BCUT2D eigenvalue weighted by Gasteiger charge is 2.11. The summed E-state index contributed by atoms with van der Waals surface area (Å²) in [6.45, 7) is 0. The number of hydrogen-bond acceptors (Lipinski definition) is 2. The minimum absolute atomic E-state index is 0.186. The minimum Gasteiger partial charge on any atom is -0.282 e. The highest BCUT2D eigenvalue weighted by Crippen LogP contribution is 2.22. The summed E-state index contributed by atoms with van der Waals surface area (Å²) in [6, 6.07) is 5.00. The first-order valence-electron chi connectivity index (χ1n) is 4.13. The van der Waals surface area contributed by atoms with E-state index < -0.39 is 0 Å². The van der Waals surface area contributed by atoms with Crippen molar-refractivity contribution in [1.29, 1.82) is 0 Å². The second kappa shape index (κ2) is 4.28. The van der Waals surface area contributed by atoms with Crippen LogP contribution in [-0.4, -0.2) is 14.8 Å². The zero-order chi connectivity index (χ0) is 10.8. The van der Waals surface area contributed by atoms with Crippen molar-refractivity contribution in [1.82, 2.24) is 14.8 Å². The third kappa shape index (κ3) is 1.89. The van der Waals surface area contributed by atoms with Gasteiger partial charge in [-0.15, -0.1) is 21.8 Å². The molecular weight excluding hydrogens is 284 g/mol. The number of halogens is 3. The molecule has 0 unspecified atom stereocenters. The van der Waals surface area contributed by atoms with Gasteiger partial charge in [-0.25, -0.2) is 4.39 Å². The lowest BCUT2D eigenvalue weighted by Gasteiger charge is -2.06. The molecule has 1 heterocycles. The third-order valence-electron chi connectivity index (χ3n) is 1.93. The van der Waals surface area contributed by atoms with E-state index >= 15 is 0 Å². The Morgan fingerprint density at radius 2 is 2.27 bits per heavy atom. The van der Waals surface area contributed by atoms with E-state index in [9.17, 15) is 4.39 Å². The Morgan fingerprint density at radius 1 is 1.47 bits per heavy atom. The second-order valence-corrected chi connectivity index (χ2v) is 3.95. The SMILES string of the molecule is Fc1c(Br)cccc1-n1cnnc1CCl. The molecule has 2 rings (SSSR count). The number of aromatic nitrogens is 3. The van der Waals surface area contributed by atoms with Crippen molar-refractivity contribution in [3.05, 3.63) is 40.6 Å². The summed E-state index contributed by atoms with van der Waals surface area (Å²) in [5, 5.41) is 7.47. The molecule has 0 fully saturated rings. The topological polar surface area (TPSA) is 30.7 Å². The lowest BCUT2D eigenvalue weighted by Crippen LogP contribution is -2.01. The highest BCUT2D eigenvalue weighted by molar-refractivity contribution is 9.10. The lowest BCUT2D eigenvalue weighted by molar-refractivity contribution is 0.609. The Hall–Kier alpha value is -0.940. The van der Waals surface area contributed by atoms with Crippen LogP contribution in [0.4, 0.5) is 4.39 Å². The van der Waals surface area contributed by atoms with Crippen molar-refractivity contribution < 1.29 is 4.39 Å². The van der Waals surface area contributed by atoms with Gasteiger partial charge < -0.3 is 0 Å². The van der Waals surface area contributed by atoms with E-state index in [1.165, 1.54) is 10.9 Å². The first-order valence-corrected chi connectivity index (χ1v) is 5.46. The Kier molecular flexibility index (Phi) is 3.02. The quantitative estimate of drug-likeness (QED) is 0.796. The molecular formula is C9H6BrClFN3. The summed E-state index contributed by atoms with van der Waals surface area (Å²) >= 11 is 8.77. The molecule has 1 aromatic carbocycles. The first-order chi connectivity index (χ1) is 7.24. The van der Waals surface area contributed by atoms with Crippen LogP contribution in [0.2, 0.25) is 0 Å². The average Bonchev–Trinajstić information content (AvgIpc) is 2.70. The molecule has 0 radical (unpaired) electrons. The lowest BCUT2D eigenvalue weighted by atomic mass is 10.3. The van der Waals surface area contributed by atoms with Crippen LogP contribution in [0.15, 0.2) is 29.0 Å². The molecule has 0 saturated carbocycles. The van der Waals surface area contributed by atoms with Gasteiger partial charge in [-0.1, -0.05) is 6.07 Å². The molecule has 1 aromatic heterocycles. The van der Waals surface area contributed by atoms with E-state index in [0.717, 1.165) is 0 Å². The Labute approximate surface area is 99.0 Å². The molecule has 2 aromatic rings. The Balaban J connectivity index is 2.59. The Bertz CT molecular complexity index is 486. The molecule has 6 heteroatoms. The van der Waals surface area contributed by atoms with Gasteiger partial charge in [0, 0.05) is 0 Å². The van der Waals surface area contributed by atoms with E-state index in [-0.39, 0.29) is 11.7 Å². The second-order valence-electron chi connectivity index (χ2n) is 2.82. The predicted molar refractivity (Wildman–Crippen MR) is 58.6 cm³/mol. The molecule has 0 aliphatic heterocycles. The fourth-order valence-corrected chi connectivity index (χ4v) is 1.77. The maximum atomic E-state index is 13.7. The number of rotatable bonds is 2. The van der Waals surface area contributed by atoms with E-state index in [1.54, 1.807) is 18.2 Å². The fourth-order valence-electron chi connectivity index (χ4n) is 1.23. The molecule has 0 saturated heterocycles. The van der Waals surface area contributed by atoms with Crippen molar-refractivity contribution in [3.63, 3.8) is 0 Å². The van der Waals surface area contributed by atoms with Gasteiger partial charge in [0.15, 0.2) is 11.6 Å². The molecule has 0 bridgehead atoms. The molecule has 0 N–H and O–H groups in total. The van der Waals surface area contributed by atoms with Crippen LogP contribution in [0.1, 0.15) is 5.82 Å². The summed E-state index contributed by atoms with van der Waals surface area (Å²) in [4.78, 5) is 0. The largest absolute Gasteiger partial charge is 0.282 e. The molecule has 0 spiro atoms. The normalized spacial score (nSPS) is 10.6. The van der Waals surface area contributed by atoms with Crippen LogP contribution in [-0.2, 0) is 5.88 Å². The molecule has 3 nitrogen and oxygen atoms in total. The molecule has 15 heavy (non-hydrogen) atoms. The van der Waals surface area contributed by atoms with Crippen LogP contribution in [0.3, 0.4) is 0 Å². The van der Waals surface area contributed by atoms with Crippen LogP contribution < -0.4 is 0 Å². The third-order valence-corrected chi connectivity index (χ3v) is 2.78. The smallest absolute Gasteiger partial charge is 0.161 e. The van der Waals surface area contributed by atoms with Gasteiger partial charge in [0.2, 0.25) is 0 Å². The van der Waals surface area contributed by atoms with E-state index in [0.29, 0.717) is 16.0 Å². The predicted octanol–water partition coefficient (Wildman–Crippen LogP) is 2.91. The van der Waals surface area contributed by atoms with Gasteiger partial charge in [0.1, 0.15) is 6.33 Å². The number of alkyl halides is 1. The van der Waals surface area contributed by atoms with Crippen molar-refractivity contribution in [2.45, 2.75) is 5.88 Å². The highest BCUT2D eigenvalue weighted by atomic mass is 79.9. The number of benzene rings is 1. The van der Waals surface area contributed by atoms with Gasteiger partial charge in [-0.05, 0) is 28.1 Å². The zero-order valence-electron chi connectivity index (χ0n) is 7.49. The van der Waals surface area contributed by atoms with Crippen molar-refractivity contribution in [2.75, 3.05) is 0 Å². The van der Waals surface area contributed by atoms with Gasteiger partial charge in [0.05, 0.1) is 16.0 Å². The number of hydrogen-bond donors (Lipinski definition) is 0.